The monoisotopic (exact) mass is 276 g/mol. The first kappa shape index (κ1) is 12.2. The average molecular weight is 277 g/mol. The molecule has 2 heterocycles. The zero-order chi connectivity index (χ0) is 13.4. The van der Waals surface area contributed by atoms with E-state index in [1.165, 1.54) is 0 Å². The fraction of sp³-hybridized carbons (Fsp3) is 0.286. The molecule has 0 saturated heterocycles. The van der Waals surface area contributed by atoms with Crippen molar-refractivity contribution >= 4 is 17.6 Å². The van der Waals surface area contributed by atoms with Gasteiger partial charge in [-0.05, 0) is 12.5 Å². The van der Waals surface area contributed by atoms with Crippen LogP contribution in [0.1, 0.15) is 46.6 Å². The Morgan fingerprint density at radius 1 is 1.42 bits per heavy atom. The lowest BCUT2D eigenvalue weighted by Crippen LogP contribution is -2.03. The van der Waals surface area contributed by atoms with E-state index in [-0.39, 0.29) is 5.97 Å². The number of hydrogen-bond acceptors (Lipinski definition) is 3. The number of carbonyl (C=O) groups excluding carboxylic acids is 1. The average Bonchev–Trinajstić information content (AvgIpc) is 2.92. The Bertz CT molecular complexity index is 636. The maximum Gasteiger partial charge on any atom is 0.339 e. The van der Waals surface area contributed by atoms with Gasteiger partial charge in [0, 0.05) is 11.3 Å². The summed E-state index contributed by atoms with van der Waals surface area (Å²) in [7, 11) is 0. The number of fused-ring (bicyclic) bond motifs is 1. The molecular formula is C14H13ClN2O2. The summed E-state index contributed by atoms with van der Waals surface area (Å²) in [5, 5.41) is 7.32. The van der Waals surface area contributed by atoms with E-state index in [1.54, 1.807) is 6.07 Å². The molecular weight excluding hydrogens is 264 g/mol. The van der Waals surface area contributed by atoms with Crippen LogP contribution in [0.25, 0.3) is 0 Å². The van der Waals surface area contributed by atoms with Gasteiger partial charge in [-0.2, -0.15) is 5.10 Å². The van der Waals surface area contributed by atoms with E-state index in [4.69, 9.17) is 16.3 Å². The molecule has 5 heteroatoms. The van der Waals surface area contributed by atoms with Crippen molar-refractivity contribution in [3.63, 3.8) is 0 Å². The quantitative estimate of drug-likeness (QED) is 0.876. The molecule has 0 bridgehead atoms. The van der Waals surface area contributed by atoms with E-state index in [9.17, 15) is 4.79 Å². The van der Waals surface area contributed by atoms with Crippen LogP contribution in [0.2, 0.25) is 5.15 Å². The SMILES string of the molecule is CCCc1[nH]nc(Cl)c1C1OC(=O)c2ccccc21. The number of aryl methyl sites for hydroxylation is 1. The predicted molar refractivity (Wildman–Crippen MR) is 71.3 cm³/mol. The van der Waals surface area contributed by atoms with Crippen molar-refractivity contribution in [2.24, 2.45) is 0 Å². The summed E-state index contributed by atoms with van der Waals surface area (Å²) in [5.41, 5.74) is 3.17. The molecule has 1 aliphatic heterocycles. The molecule has 3 rings (SSSR count). The number of benzene rings is 1. The molecule has 0 spiro atoms. The van der Waals surface area contributed by atoms with Crippen LogP contribution in [0.4, 0.5) is 0 Å². The number of H-pyrrole nitrogens is 1. The smallest absolute Gasteiger partial charge is 0.339 e. The number of aromatic nitrogens is 2. The molecule has 1 aromatic carbocycles. The molecule has 1 unspecified atom stereocenters. The zero-order valence-electron chi connectivity index (χ0n) is 10.4. The Morgan fingerprint density at radius 3 is 3.00 bits per heavy atom. The van der Waals surface area contributed by atoms with Gasteiger partial charge in [-0.1, -0.05) is 43.1 Å². The number of halogens is 1. The highest BCUT2D eigenvalue weighted by atomic mass is 35.5. The molecule has 98 valence electrons. The van der Waals surface area contributed by atoms with Crippen LogP contribution in [-0.2, 0) is 11.2 Å². The fourth-order valence-corrected chi connectivity index (χ4v) is 2.68. The van der Waals surface area contributed by atoms with Crippen molar-refractivity contribution in [2.75, 3.05) is 0 Å². The van der Waals surface area contributed by atoms with Crippen LogP contribution in [0, 0.1) is 0 Å². The van der Waals surface area contributed by atoms with Crippen LogP contribution in [0.15, 0.2) is 24.3 Å². The van der Waals surface area contributed by atoms with Crippen LogP contribution in [-0.4, -0.2) is 16.2 Å². The number of nitrogens with zero attached hydrogens (tertiary/aromatic N) is 1. The Hall–Kier alpha value is -1.81. The van der Waals surface area contributed by atoms with Gasteiger partial charge in [0.15, 0.2) is 11.3 Å². The summed E-state index contributed by atoms with van der Waals surface area (Å²) in [5.74, 6) is -0.305. The molecule has 0 amide bonds. The van der Waals surface area contributed by atoms with E-state index in [2.05, 4.69) is 17.1 Å². The maximum atomic E-state index is 11.9. The third-order valence-electron chi connectivity index (χ3n) is 3.29. The van der Waals surface area contributed by atoms with Crippen LogP contribution >= 0.6 is 11.6 Å². The second-order valence-electron chi connectivity index (χ2n) is 4.53. The van der Waals surface area contributed by atoms with Crippen molar-refractivity contribution in [1.82, 2.24) is 10.2 Å². The third kappa shape index (κ3) is 1.92. The van der Waals surface area contributed by atoms with Gasteiger partial charge >= 0.3 is 5.97 Å². The standard InChI is InChI=1S/C14H13ClN2O2/c1-2-5-10-11(13(15)17-16-10)12-8-6-3-4-7-9(8)14(18)19-12/h3-4,6-7,12H,2,5H2,1H3,(H,16,17). The second kappa shape index (κ2) is 4.70. The molecule has 1 aliphatic rings. The number of esters is 1. The van der Waals surface area contributed by atoms with Crippen LogP contribution < -0.4 is 0 Å². The topological polar surface area (TPSA) is 55.0 Å². The molecule has 0 fully saturated rings. The summed E-state index contributed by atoms with van der Waals surface area (Å²) < 4.78 is 5.46. The molecule has 4 nitrogen and oxygen atoms in total. The number of hydrogen-bond donors (Lipinski definition) is 1. The molecule has 1 N–H and O–H groups in total. The van der Waals surface area contributed by atoms with E-state index >= 15 is 0 Å². The molecule has 0 aliphatic carbocycles. The molecule has 1 atom stereocenters. The summed E-state index contributed by atoms with van der Waals surface area (Å²) in [4.78, 5) is 11.9. The highest BCUT2D eigenvalue weighted by molar-refractivity contribution is 6.30. The van der Waals surface area contributed by atoms with Gasteiger partial charge in [-0.15, -0.1) is 0 Å². The van der Waals surface area contributed by atoms with Crippen molar-refractivity contribution in [1.29, 1.82) is 0 Å². The van der Waals surface area contributed by atoms with Crippen LogP contribution in [0.5, 0.6) is 0 Å². The normalized spacial score (nSPS) is 17.4. The highest BCUT2D eigenvalue weighted by Crippen LogP contribution is 2.39. The van der Waals surface area contributed by atoms with E-state index < -0.39 is 6.10 Å². The predicted octanol–water partition coefficient (Wildman–Crippen LogP) is 3.28. The molecule has 19 heavy (non-hydrogen) atoms. The maximum absolute atomic E-state index is 11.9. The number of cyclic esters (lactones) is 1. The fourth-order valence-electron chi connectivity index (χ4n) is 2.43. The number of ether oxygens (including phenoxy) is 1. The van der Waals surface area contributed by atoms with Gasteiger partial charge in [0.2, 0.25) is 0 Å². The van der Waals surface area contributed by atoms with Gasteiger partial charge in [-0.25, -0.2) is 4.79 Å². The minimum atomic E-state index is -0.448. The van der Waals surface area contributed by atoms with Gasteiger partial charge in [-0.3, -0.25) is 5.10 Å². The summed E-state index contributed by atoms with van der Waals surface area (Å²) in [6.07, 6.45) is 1.34. The first-order valence-electron chi connectivity index (χ1n) is 6.25. The van der Waals surface area contributed by atoms with E-state index in [1.807, 2.05) is 18.2 Å². The second-order valence-corrected chi connectivity index (χ2v) is 4.89. The number of rotatable bonds is 3. The zero-order valence-corrected chi connectivity index (χ0v) is 11.2. The first-order chi connectivity index (χ1) is 9.22. The Morgan fingerprint density at radius 2 is 2.21 bits per heavy atom. The summed E-state index contributed by atoms with van der Waals surface area (Å²) in [6.45, 7) is 2.08. The van der Waals surface area contributed by atoms with Crippen molar-refractivity contribution < 1.29 is 9.53 Å². The third-order valence-corrected chi connectivity index (χ3v) is 3.57. The van der Waals surface area contributed by atoms with Crippen LogP contribution in [0.3, 0.4) is 0 Å². The summed E-state index contributed by atoms with van der Waals surface area (Å²) in [6, 6.07) is 7.38. The lowest BCUT2D eigenvalue weighted by Gasteiger charge is -2.11. The Balaban J connectivity index is 2.10. The lowest BCUT2D eigenvalue weighted by molar-refractivity contribution is 0.0455. The molecule has 0 saturated carbocycles. The van der Waals surface area contributed by atoms with Crippen molar-refractivity contribution in [2.45, 2.75) is 25.9 Å². The molecule has 1 aromatic heterocycles. The number of aromatic amines is 1. The summed E-state index contributed by atoms with van der Waals surface area (Å²) >= 11 is 6.14. The number of nitrogens with one attached hydrogen (secondary N) is 1. The first-order valence-corrected chi connectivity index (χ1v) is 6.62. The highest BCUT2D eigenvalue weighted by Gasteiger charge is 2.35. The van der Waals surface area contributed by atoms with Gasteiger partial charge < -0.3 is 4.74 Å². The largest absolute Gasteiger partial charge is 0.449 e. The minimum Gasteiger partial charge on any atom is -0.449 e. The Kier molecular flexibility index (Phi) is 3.03. The molecule has 2 aromatic rings. The van der Waals surface area contributed by atoms with E-state index in [0.717, 1.165) is 29.7 Å². The lowest BCUT2D eigenvalue weighted by atomic mass is 9.98. The number of carbonyl (C=O) groups is 1. The van der Waals surface area contributed by atoms with Crippen molar-refractivity contribution in [3.8, 4) is 0 Å². The van der Waals surface area contributed by atoms with E-state index in [0.29, 0.717) is 10.7 Å². The molecule has 0 radical (unpaired) electrons. The van der Waals surface area contributed by atoms with Crippen molar-refractivity contribution in [3.05, 3.63) is 51.8 Å². The van der Waals surface area contributed by atoms with Gasteiger partial charge in [0.1, 0.15) is 0 Å². The van der Waals surface area contributed by atoms with Gasteiger partial charge in [0.05, 0.1) is 11.1 Å². The Labute approximate surface area is 115 Å². The minimum absolute atomic E-state index is 0.305. The van der Waals surface area contributed by atoms with Gasteiger partial charge in [0.25, 0.3) is 0 Å².